The van der Waals surface area contributed by atoms with Crippen molar-refractivity contribution in [2.45, 2.75) is 32.5 Å². The van der Waals surface area contributed by atoms with Gasteiger partial charge in [0.1, 0.15) is 18.1 Å². The maximum atomic E-state index is 11.8. The average molecular weight is 265 g/mol. The number of furan rings is 1. The first-order chi connectivity index (χ1) is 8.38. The fraction of sp³-hybridized carbons (Fsp3) is 0.667. The van der Waals surface area contributed by atoms with E-state index in [-0.39, 0.29) is 12.6 Å². The summed E-state index contributed by atoms with van der Waals surface area (Å²) in [6, 6.07) is 3.80. The Morgan fingerprint density at radius 2 is 2.11 bits per heavy atom. The van der Waals surface area contributed by atoms with E-state index in [2.05, 4.69) is 10.1 Å². The summed E-state index contributed by atoms with van der Waals surface area (Å²) in [5.74, 6) is 1.66. The SMILES string of the molecule is Cc1ccc(C(C)NCCCOCC(F)(F)F)o1. The van der Waals surface area contributed by atoms with E-state index < -0.39 is 12.8 Å². The molecule has 1 N–H and O–H groups in total. The van der Waals surface area contributed by atoms with Crippen molar-refractivity contribution >= 4 is 0 Å². The van der Waals surface area contributed by atoms with Crippen LogP contribution >= 0.6 is 0 Å². The van der Waals surface area contributed by atoms with E-state index in [0.29, 0.717) is 13.0 Å². The van der Waals surface area contributed by atoms with Crippen LogP contribution in [0.15, 0.2) is 16.5 Å². The normalized spacial score (nSPS) is 13.8. The number of halogens is 3. The standard InChI is InChI=1S/C12H18F3NO2/c1-9-4-5-11(18-9)10(2)16-6-3-7-17-8-12(13,14)15/h4-5,10,16H,3,6-8H2,1-2H3. The van der Waals surface area contributed by atoms with Crippen LogP contribution in [0.1, 0.15) is 30.9 Å². The molecule has 0 spiro atoms. The van der Waals surface area contributed by atoms with Crippen LogP contribution < -0.4 is 5.32 Å². The van der Waals surface area contributed by atoms with Crippen LogP contribution in [0.2, 0.25) is 0 Å². The zero-order chi connectivity index (χ0) is 13.6. The van der Waals surface area contributed by atoms with Gasteiger partial charge in [0, 0.05) is 6.61 Å². The second-order valence-electron chi connectivity index (χ2n) is 4.15. The number of hydrogen-bond donors (Lipinski definition) is 1. The molecule has 0 fully saturated rings. The predicted molar refractivity (Wildman–Crippen MR) is 61.4 cm³/mol. The minimum absolute atomic E-state index is 0.0429. The Kier molecular flexibility index (Phi) is 5.68. The quantitative estimate of drug-likeness (QED) is 0.769. The maximum Gasteiger partial charge on any atom is 0.411 e. The fourth-order valence-electron chi connectivity index (χ4n) is 1.47. The molecule has 0 saturated heterocycles. The molecular weight excluding hydrogens is 247 g/mol. The molecule has 0 aliphatic heterocycles. The van der Waals surface area contributed by atoms with Crippen LogP contribution in [0, 0.1) is 6.92 Å². The molecule has 3 nitrogen and oxygen atoms in total. The predicted octanol–water partition coefficient (Wildman–Crippen LogP) is 3.21. The fourth-order valence-corrected chi connectivity index (χ4v) is 1.47. The molecule has 1 aromatic heterocycles. The Labute approximate surface area is 104 Å². The molecule has 1 unspecified atom stereocenters. The smallest absolute Gasteiger partial charge is 0.411 e. The van der Waals surface area contributed by atoms with Gasteiger partial charge < -0.3 is 14.5 Å². The van der Waals surface area contributed by atoms with Crippen molar-refractivity contribution in [2.75, 3.05) is 19.8 Å². The highest BCUT2D eigenvalue weighted by Crippen LogP contribution is 2.16. The monoisotopic (exact) mass is 265 g/mol. The maximum absolute atomic E-state index is 11.8. The number of ether oxygens (including phenoxy) is 1. The molecule has 0 saturated carbocycles. The van der Waals surface area contributed by atoms with E-state index in [1.54, 1.807) is 0 Å². The van der Waals surface area contributed by atoms with Crippen molar-refractivity contribution in [3.8, 4) is 0 Å². The minimum atomic E-state index is -4.24. The third-order valence-corrected chi connectivity index (χ3v) is 2.37. The van der Waals surface area contributed by atoms with Crippen LogP contribution in [0.3, 0.4) is 0 Å². The highest BCUT2D eigenvalue weighted by molar-refractivity contribution is 5.08. The van der Waals surface area contributed by atoms with Crippen molar-refractivity contribution < 1.29 is 22.3 Å². The lowest BCUT2D eigenvalue weighted by Crippen LogP contribution is -2.22. The van der Waals surface area contributed by atoms with Crippen molar-refractivity contribution in [1.82, 2.24) is 5.32 Å². The van der Waals surface area contributed by atoms with Crippen LogP contribution in [-0.2, 0) is 4.74 Å². The largest absolute Gasteiger partial charge is 0.465 e. The summed E-state index contributed by atoms with van der Waals surface area (Å²) < 4.78 is 45.2. The molecule has 0 bridgehead atoms. The topological polar surface area (TPSA) is 34.4 Å². The Bertz CT molecular complexity index is 349. The lowest BCUT2D eigenvalue weighted by molar-refractivity contribution is -0.173. The summed E-state index contributed by atoms with van der Waals surface area (Å²) in [5, 5.41) is 3.15. The van der Waals surface area contributed by atoms with Gasteiger partial charge in [0.2, 0.25) is 0 Å². The molecule has 6 heteroatoms. The Balaban J connectivity index is 2.08. The summed E-state index contributed by atoms with van der Waals surface area (Å²) in [7, 11) is 0. The highest BCUT2D eigenvalue weighted by atomic mass is 19.4. The molecule has 1 aromatic rings. The molecule has 0 aliphatic carbocycles. The molecule has 1 heterocycles. The van der Waals surface area contributed by atoms with E-state index in [0.717, 1.165) is 11.5 Å². The van der Waals surface area contributed by atoms with Crippen LogP contribution in [0.25, 0.3) is 0 Å². The first-order valence-electron chi connectivity index (χ1n) is 5.83. The summed E-state index contributed by atoms with van der Waals surface area (Å²) in [4.78, 5) is 0. The van der Waals surface area contributed by atoms with Gasteiger partial charge in [-0.1, -0.05) is 0 Å². The van der Waals surface area contributed by atoms with Crippen LogP contribution in [-0.4, -0.2) is 25.9 Å². The van der Waals surface area contributed by atoms with Gasteiger partial charge in [0.05, 0.1) is 6.04 Å². The zero-order valence-electron chi connectivity index (χ0n) is 10.5. The van der Waals surface area contributed by atoms with Gasteiger partial charge in [0.15, 0.2) is 0 Å². The number of rotatable bonds is 7. The van der Waals surface area contributed by atoms with Gasteiger partial charge in [0.25, 0.3) is 0 Å². The zero-order valence-corrected chi connectivity index (χ0v) is 10.5. The van der Waals surface area contributed by atoms with Gasteiger partial charge in [-0.3, -0.25) is 0 Å². The van der Waals surface area contributed by atoms with Crippen LogP contribution in [0.4, 0.5) is 13.2 Å². The third-order valence-electron chi connectivity index (χ3n) is 2.37. The van der Waals surface area contributed by atoms with E-state index in [4.69, 9.17) is 4.42 Å². The Hall–Kier alpha value is -1.01. The molecule has 1 rings (SSSR count). The van der Waals surface area contributed by atoms with Crippen molar-refractivity contribution in [2.24, 2.45) is 0 Å². The second-order valence-corrected chi connectivity index (χ2v) is 4.15. The molecule has 0 amide bonds. The highest BCUT2D eigenvalue weighted by Gasteiger charge is 2.27. The third kappa shape index (κ3) is 6.07. The summed E-state index contributed by atoms with van der Waals surface area (Å²) >= 11 is 0. The molecular formula is C12H18F3NO2. The van der Waals surface area contributed by atoms with Gasteiger partial charge in [-0.15, -0.1) is 0 Å². The van der Waals surface area contributed by atoms with Crippen molar-refractivity contribution in [3.05, 3.63) is 23.7 Å². The Morgan fingerprint density at radius 1 is 1.39 bits per heavy atom. The second kappa shape index (κ2) is 6.80. The molecule has 0 aliphatic rings. The van der Waals surface area contributed by atoms with Gasteiger partial charge in [-0.2, -0.15) is 13.2 Å². The van der Waals surface area contributed by atoms with Crippen LogP contribution in [0.5, 0.6) is 0 Å². The van der Waals surface area contributed by atoms with E-state index in [1.165, 1.54) is 0 Å². The van der Waals surface area contributed by atoms with E-state index in [9.17, 15) is 13.2 Å². The summed E-state index contributed by atoms with van der Waals surface area (Å²) in [6.45, 7) is 3.30. The number of hydrogen-bond acceptors (Lipinski definition) is 3. The molecule has 1 atom stereocenters. The van der Waals surface area contributed by atoms with Gasteiger partial charge in [-0.05, 0) is 38.9 Å². The molecule has 0 aromatic carbocycles. The minimum Gasteiger partial charge on any atom is -0.465 e. The average Bonchev–Trinajstić information content (AvgIpc) is 2.68. The lowest BCUT2D eigenvalue weighted by atomic mass is 10.2. The van der Waals surface area contributed by atoms with E-state index >= 15 is 0 Å². The summed E-state index contributed by atoms with van der Waals surface area (Å²) in [5.41, 5.74) is 0. The number of nitrogens with one attached hydrogen (secondary N) is 1. The number of aryl methyl sites for hydroxylation is 1. The van der Waals surface area contributed by atoms with E-state index in [1.807, 2.05) is 26.0 Å². The first-order valence-corrected chi connectivity index (χ1v) is 5.83. The lowest BCUT2D eigenvalue weighted by Gasteiger charge is -2.11. The van der Waals surface area contributed by atoms with Gasteiger partial charge >= 0.3 is 6.18 Å². The van der Waals surface area contributed by atoms with Crippen molar-refractivity contribution in [3.63, 3.8) is 0 Å². The van der Waals surface area contributed by atoms with Gasteiger partial charge in [-0.25, -0.2) is 0 Å². The molecule has 18 heavy (non-hydrogen) atoms. The summed E-state index contributed by atoms with van der Waals surface area (Å²) in [6.07, 6.45) is -3.72. The molecule has 0 radical (unpaired) electrons. The Morgan fingerprint density at radius 3 is 2.67 bits per heavy atom. The molecule has 104 valence electrons. The number of alkyl halides is 3. The van der Waals surface area contributed by atoms with Crippen molar-refractivity contribution in [1.29, 1.82) is 0 Å². The first kappa shape index (κ1) is 15.0.